The second-order valence-corrected chi connectivity index (χ2v) is 3.84. The van der Waals surface area contributed by atoms with Gasteiger partial charge in [0.25, 0.3) is 0 Å². The summed E-state index contributed by atoms with van der Waals surface area (Å²) < 4.78 is 0. The molecule has 0 fully saturated rings. The molecular weight excluding hydrogens is 186 g/mol. The molecule has 1 aliphatic heterocycles. The van der Waals surface area contributed by atoms with E-state index < -0.39 is 0 Å². The predicted octanol–water partition coefficient (Wildman–Crippen LogP) is 2.77. The first-order chi connectivity index (χ1) is 7.42. The number of anilines is 1. The van der Waals surface area contributed by atoms with Gasteiger partial charge in [-0.05, 0) is 30.7 Å². The van der Waals surface area contributed by atoms with E-state index in [0.29, 0.717) is 0 Å². The molecule has 0 saturated carbocycles. The number of nitrogens with zero attached hydrogens (tertiary/aromatic N) is 1. The van der Waals surface area contributed by atoms with Gasteiger partial charge in [-0.2, -0.15) is 0 Å². The number of fused-ring (bicyclic) bond motifs is 1. The maximum atomic E-state index is 4.40. The highest BCUT2D eigenvalue weighted by Gasteiger charge is 2.06. The molecule has 1 aliphatic rings. The number of amidine groups is 1. The van der Waals surface area contributed by atoms with Crippen molar-refractivity contribution in [3.05, 3.63) is 30.5 Å². The van der Waals surface area contributed by atoms with Crippen LogP contribution < -0.4 is 5.32 Å². The summed E-state index contributed by atoms with van der Waals surface area (Å²) >= 11 is 0. The van der Waals surface area contributed by atoms with Crippen LogP contribution in [0.4, 0.5) is 5.69 Å². The summed E-state index contributed by atoms with van der Waals surface area (Å²) in [6, 6.07) is 8.40. The molecule has 0 saturated heterocycles. The zero-order chi connectivity index (χ0) is 10.1. The van der Waals surface area contributed by atoms with Crippen molar-refractivity contribution in [3.63, 3.8) is 0 Å². The lowest BCUT2D eigenvalue weighted by atomic mass is 10.2. The average molecular weight is 199 g/mol. The van der Waals surface area contributed by atoms with E-state index in [0.717, 1.165) is 24.5 Å². The SMILES string of the molecule is c1cc2cc(NC3=NCCC3)ccc2[nH]1. The van der Waals surface area contributed by atoms with Crippen LogP contribution in [0.25, 0.3) is 10.9 Å². The fourth-order valence-electron chi connectivity index (χ4n) is 1.94. The van der Waals surface area contributed by atoms with Crippen LogP contribution in [0.5, 0.6) is 0 Å². The largest absolute Gasteiger partial charge is 0.361 e. The summed E-state index contributed by atoms with van der Waals surface area (Å²) in [5, 5.41) is 4.59. The molecule has 0 atom stereocenters. The van der Waals surface area contributed by atoms with Crippen molar-refractivity contribution in [2.24, 2.45) is 4.99 Å². The summed E-state index contributed by atoms with van der Waals surface area (Å²) in [7, 11) is 0. The number of rotatable bonds is 1. The molecule has 2 aromatic rings. The second kappa shape index (κ2) is 3.42. The topological polar surface area (TPSA) is 40.2 Å². The molecule has 3 heteroatoms. The Labute approximate surface area is 88.2 Å². The zero-order valence-corrected chi connectivity index (χ0v) is 8.46. The molecule has 0 unspecified atom stereocenters. The maximum absolute atomic E-state index is 4.40. The van der Waals surface area contributed by atoms with Crippen LogP contribution in [0.2, 0.25) is 0 Å². The van der Waals surface area contributed by atoms with E-state index in [1.54, 1.807) is 0 Å². The normalized spacial score (nSPS) is 15.6. The Kier molecular flexibility index (Phi) is 1.95. The average Bonchev–Trinajstić information content (AvgIpc) is 2.87. The van der Waals surface area contributed by atoms with E-state index >= 15 is 0 Å². The van der Waals surface area contributed by atoms with Crippen LogP contribution in [0.15, 0.2) is 35.5 Å². The standard InChI is InChI=1S/C12H13N3/c1-2-12(14-6-1)15-10-3-4-11-9(8-10)5-7-13-11/h3-5,7-8,13H,1-2,6H2,(H,14,15). The highest BCUT2D eigenvalue weighted by atomic mass is 15.0. The van der Waals surface area contributed by atoms with Crippen LogP contribution in [0, 0.1) is 0 Å². The van der Waals surface area contributed by atoms with E-state index in [1.807, 2.05) is 6.20 Å². The Morgan fingerprint density at radius 3 is 3.13 bits per heavy atom. The van der Waals surface area contributed by atoms with E-state index in [4.69, 9.17) is 0 Å². The molecule has 0 bridgehead atoms. The van der Waals surface area contributed by atoms with E-state index in [1.165, 1.54) is 17.3 Å². The molecule has 0 spiro atoms. The summed E-state index contributed by atoms with van der Waals surface area (Å²) in [5.41, 5.74) is 2.30. The van der Waals surface area contributed by atoms with Gasteiger partial charge in [0.15, 0.2) is 0 Å². The quantitative estimate of drug-likeness (QED) is 0.728. The molecule has 3 rings (SSSR count). The van der Waals surface area contributed by atoms with Gasteiger partial charge in [0.2, 0.25) is 0 Å². The minimum atomic E-state index is 0.967. The molecule has 0 amide bonds. The predicted molar refractivity (Wildman–Crippen MR) is 63.5 cm³/mol. The van der Waals surface area contributed by atoms with Crippen molar-refractivity contribution in [3.8, 4) is 0 Å². The summed E-state index contributed by atoms with van der Waals surface area (Å²) in [4.78, 5) is 7.58. The lowest BCUT2D eigenvalue weighted by Gasteiger charge is -2.05. The summed E-state index contributed by atoms with van der Waals surface area (Å²) in [5.74, 6) is 1.12. The Balaban J connectivity index is 1.90. The summed E-state index contributed by atoms with van der Waals surface area (Å²) in [6.07, 6.45) is 4.21. The van der Waals surface area contributed by atoms with Crippen LogP contribution in [-0.2, 0) is 0 Å². The molecule has 3 nitrogen and oxygen atoms in total. The number of benzene rings is 1. The monoisotopic (exact) mass is 199 g/mol. The van der Waals surface area contributed by atoms with Crippen molar-refractivity contribution in [1.29, 1.82) is 0 Å². The number of nitrogens with one attached hydrogen (secondary N) is 2. The van der Waals surface area contributed by atoms with Crippen LogP contribution in [-0.4, -0.2) is 17.4 Å². The number of hydrogen-bond acceptors (Lipinski definition) is 2. The first kappa shape index (κ1) is 8.53. The van der Waals surface area contributed by atoms with Crippen molar-refractivity contribution in [2.45, 2.75) is 12.8 Å². The fourth-order valence-corrected chi connectivity index (χ4v) is 1.94. The van der Waals surface area contributed by atoms with Crippen molar-refractivity contribution >= 4 is 22.4 Å². The minimum absolute atomic E-state index is 0.967. The smallest absolute Gasteiger partial charge is 0.101 e. The lowest BCUT2D eigenvalue weighted by Crippen LogP contribution is -2.07. The van der Waals surface area contributed by atoms with Gasteiger partial charge in [0.1, 0.15) is 5.84 Å². The molecule has 0 radical (unpaired) electrons. The third-order valence-electron chi connectivity index (χ3n) is 2.72. The van der Waals surface area contributed by atoms with E-state index in [2.05, 4.69) is 39.6 Å². The molecule has 2 heterocycles. The number of aromatic nitrogens is 1. The minimum Gasteiger partial charge on any atom is -0.361 e. The van der Waals surface area contributed by atoms with Gasteiger partial charge in [-0.3, -0.25) is 4.99 Å². The molecular formula is C12H13N3. The van der Waals surface area contributed by atoms with Gasteiger partial charge >= 0.3 is 0 Å². The van der Waals surface area contributed by atoms with Crippen molar-refractivity contribution < 1.29 is 0 Å². The highest BCUT2D eigenvalue weighted by molar-refractivity contribution is 5.98. The Bertz CT molecular complexity index is 510. The fraction of sp³-hybridized carbons (Fsp3) is 0.250. The first-order valence-corrected chi connectivity index (χ1v) is 5.29. The highest BCUT2D eigenvalue weighted by Crippen LogP contribution is 2.18. The van der Waals surface area contributed by atoms with Gasteiger partial charge < -0.3 is 10.3 Å². The third kappa shape index (κ3) is 1.61. The molecule has 15 heavy (non-hydrogen) atoms. The van der Waals surface area contributed by atoms with Gasteiger partial charge in [0.05, 0.1) is 0 Å². The Morgan fingerprint density at radius 2 is 2.27 bits per heavy atom. The van der Waals surface area contributed by atoms with Crippen molar-refractivity contribution in [1.82, 2.24) is 4.98 Å². The van der Waals surface area contributed by atoms with Crippen LogP contribution in [0.3, 0.4) is 0 Å². The number of H-pyrrole nitrogens is 1. The number of hydrogen-bond donors (Lipinski definition) is 2. The van der Waals surface area contributed by atoms with Gasteiger partial charge in [0, 0.05) is 35.8 Å². The third-order valence-corrected chi connectivity index (χ3v) is 2.72. The Hall–Kier alpha value is -1.77. The number of aromatic amines is 1. The number of aliphatic imine (C=N–C) groups is 1. The van der Waals surface area contributed by atoms with Gasteiger partial charge in [-0.15, -0.1) is 0 Å². The van der Waals surface area contributed by atoms with Gasteiger partial charge in [-0.25, -0.2) is 0 Å². The molecule has 0 aliphatic carbocycles. The molecule has 2 N–H and O–H groups in total. The van der Waals surface area contributed by atoms with Crippen LogP contribution in [0.1, 0.15) is 12.8 Å². The second-order valence-electron chi connectivity index (χ2n) is 3.84. The van der Waals surface area contributed by atoms with Gasteiger partial charge in [-0.1, -0.05) is 0 Å². The van der Waals surface area contributed by atoms with Crippen LogP contribution >= 0.6 is 0 Å². The van der Waals surface area contributed by atoms with E-state index in [-0.39, 0.29) is 0 Å². The maximum Gasteiger partial charge on any atom is 0.101 e. The van der Waals surface area contributed by atoms with E-state index in [9.17, 15) is 0 Å². The molecule has 1 aromatic carbocycles. The first-order valence-electron chi connectivity index (χ1n) is 5.29. The lowest BCUT2D eigenvalue weighted by molar-refractivity contribution is 0.951. The zero-order valence-electron chi connectivity index (χ0n) is 8.46. The summed E-state index contributed by atoms with van der Waals surface area (Å²) in [6.45, 7) is 0.967. The molecule has 1 aromatic heterocycles. The van der Waals surface area contributed by atoms with Crippen molar-refractivity contribution in [2.75, 3.05) is 11.9 Å². The Morgan fingerprint density at radius 1 is 1.27 bits per heavy atom. The molecule has 76 valence electrons.